The highest BCUT2D eigenvalue weighted by Gasteiger charge is 2.15. The molecule has 6 heteroatoms. The van der Waals surface area contributed by atoms with Crippen LogP contribution in [0.2, 0.25) is 0 Å². The fourth-order valence-corrected chi connectivity index (χ4v) is 1.76. The van der Waals surface area contributed by atoms with E-state index in [1.807, 2.05) is 6.07 Å². The number of aliphatic carboxylic acids is 1. The Morgan fingerprint density at radius 3 is 2.72 bits per heavy atom. The molecule has 0 aliphatic carbocycles. The van der Waals surface area contributed by atoms with Gasteiger partial charge < -0.3 is 15.7 Å². The number of hydrogen-bond donors (Lipinski definition) is 3. The molecule has 0 saturated carbocycles. The minimum Gasteiger partial charge on any atom is -0.481 e. The summed E-state index contributed by atoms with van der Waals surface area (Å²) >= 11 is 3.30. The lowest BCUT2D eigenvalue weighted by molar-refractivity contribution is -0.141. The van der Waals surface area contributed by atoms with Gasteiger partial charge in [-0.2, -0.15) is 0 Å². The maximum absolute atomic E-state index is 11.5. The number of amides is 2. The summed E-state index contributed by atoms with van der Waals surface area (Å²) in [7, 11) is 0. The highest BCUT2D eigenvalue weighted by Crippen LogP contribution is 2.15. The molecule has 0 radical (unpaired) electrons. The molecule has 0 fully saturated rings. The monoisotopic (exact) mass is 314 g/mol. The van der Waals surface area contributed by atoms with Crippen molar-refractivity contribution in [2.75, 3.05) is 11.9 Å². The van der Waals surface area contributed by atoms with Gasteiger partial charge in [-0.1, -0.05) is 28.9 Å². The molecule has 1 aromatic carbocycles. The third kappa shape index (κ3) is 4.75. The number of nitrogens with one attached hydrogen (secondary N) is 2. The fraction of sp³-hybridized carbons (Fsp3) is 0.333. The molecular weight excluding hydrogens is 300 g/mol. The predicted octanol–water partition coefficient (Wildman–Crippen LogP) is 2.68. The molecule has 3 N–H and O–H groups in total. The van der Waals surface area contributed by atoms with Crippen molar-refractivity contribution in [1.82, 2.24) is 5.32 Å². The number of hydrogen-bond acceptors (Lipinski definition) is 2. The van der Waals surface area contributed by atoms with Crippen LogP contribution in [0.1, 0.15) is 13.3 Å². The first-order chi connectivity index (χ1) is 8.52. The van der Waals surface area contributed by atoms with Gasteiger partial charge in [-0.05, 0) is 24.6 Å². The second-order valence-corrected chi connectivity index (χ2v) is 4.70. The SMILES string of the molecule is CCC(CNC(=O)Nc1cccc(Br)c1)C(=O)O. The van der Waals surface area contributed by atoms with Gasteiger partial charge in [0.05, 0.1) is 5.92 Å². The van der Waals surface area contributed by atoms with Crippen LogP contribution in [-0.2, 0) is 4.79 Å². The van der Waals surface area contributed by atoms with Crippen LogP contribution in [0.3, 0.4) is 0 Å². The highest BCUT2D eigenvalue weighted by molar-refractivity contribution is 9.10. The van der Waals surface area contributed by atoms with E-state index < -0.39 is 17.9 Å². The zero-order valence-electron chi connectivity index (χ0n) is 9.94. The highest BCUT2D eigenvalue weighted by atomic mass is 79.9. The maximum atomic E-state index is 11.5. The van der Waals surface area contributed by atoms with E-state index >= 15 is 0 Å². The lowest BCUT2D eigenvalue weighted by Gasteiger charge is -2.12. The van der Waals surface area contributed by atoms with Gasteiger partial charge in [0.15, 0.2) is 0 Å². The first-order valence-electron chi connectivity index (χ1n) is 5.56. The molecule has 0 bridgehead atoms. The third-order valence-corrected chi connectivity index (χ3v) is 2.93. The van der Waals surface area contributed by atoms with E-state index in [4.69, 9.17) is 5.11 Å². The number of benzene rings is 1. The summed E-state index contributed by atoms with van der Waals surface area (Å²) in [4.78, 5) is 22.3. The van der Waals surface area contributed by atoms with Crippen LogP contribution in [0, 0.1) is 5.92 Å². The van der Waals surface area contributed by atoms with Gasteiger partial charge in [0, 0.05) is 16.7 Å². The largest absolute Gasteiger partial charge is 0.481 e. The molecule has 1 atom stereocenters. The lowest BCUT2D eigenvalue weighted by Crippen LogP contribution is -2.35. The Kier molecular flexibility index (Phi) is 5.64. The summed E-state index contributed by atoms with van der Waals surface area (Å²) in [5.41, 5.74) is 0.644. The molecule has 0 spiro atoms. The van der Waals surface area contributed by atoms with Crippen molar-refractivity contribution >= 4 is 33.6 Å². The van der Waals surface area contributed by atoms with Crippen molar-refractivity contribution in [2.24, 2.45) is 5.92 Å². The van der Waals surface area contributed by atoms with Crippen LogP contribution >= 0.6 is 15.9 Å². The Hall–Kier alpha value is -1.56. The molecule has 0 saturated heterocycles. The van der Waals surface area contributed by atoms with Gasteiger partial charge in [0.1, 0.15) is 0 Å². The molecule has 18 heavy (non-hydrogen) atoms. The average molecular weight is 315 g/mol. The van der Waals surface area contributed by atoms with Crippen LogP contribution in [0.5, 0.6) is 0 Å². The van der Waals surface area contributed by atoms with Crippen molar-refractivity contribution in [2.45, 2.75) is 13.3 Å². The van der Waals surface area contributed by atoms with Crippen molar-refractivity contribution in [3.8, 4) is 0 Å². The van der Waals surface area contributed by atoms with Crippen LogP contribution in [0.15, 0.2) is 28.7 Å². The van der Waals surface area contributed by atoms with E-state index in [-0.39, 0.29) is 6.54 Å². The fourth-order valence-electron chi connectivity index (χ4n) is 1.36. The van der Waals surface area contributed by atoms with Gasteiger partial charge >= 0.3 is 12.0 Å². The van der Waals surface area contributed by atoms with Crippen LogP contribution in [0.25, 0.3) is 0 Å². The van der Waals surface area contributed by atoms with Gasteiger partial charge in [-0.25, -0.2) is 4.79 Å². The van der Waals surface area contributed by atoms with Gasteiger partial charge in [0.25, 0.3) is 0 Å². The number of urea groups is 1. The second kappa shape index (κ2) is 7.00. The molecule has 2 amide bonds. The summed E-state index contributed by atoms with van der Waals surface area (Å²) in [5.74, 6) is -1.46. The third-order valence-electron chi connectivity index (χ3n) is 2.43. The molecule has 1 rings (SSSR count). The zero-order chi connectivity index (χ0) is 13.5. The molecule has 0 aliphatic heterocycles. The average Bonchev–Trinajstić information content (AvgIpc) is 2.29. The number of carboxylic acids is 1. The zero-order valence-corrected chi connectivity index (χ0v) is 11.5. The number of rotatable bonds is 5. The molecule has 5 nitrogen and oxygen atoms in total. The minimum absolute atomic E-state index is 0.117. The Morgan fingerprint density at radius 1 is 1.44 bits per heavy atom. The minimum atomic E-state index is -0.903. The summed E-state index contributed by atoms with van der Waals surface area (Å²) in [5, 5.41) is 14.0. The number of carbonyl (C=O) groups excluding carboxylic acids is 1. The normalized spacial score (nSPS) is 11.7. The van der Waals surface area contributed by atoms with Crippen molar-refractivity contribution in [1.29, 1.82) is 0 Å². The number of carboxylic acid groups (broad SMARTS) is 1. The smallest absolute Gasteiger partial charge is 0.319 e. The van der Waals surface area contributed by atoms with Crippen LogP contribution in [0.4, 0.5) is 10.5 Å². The lowest BCUT2D eigenvalue weighted by atomic mass is 10.1. The number of halogens is 1. The first kappa shape index (κ1) is 14.5. The van der Waals surface area contributed by atoms with E-state index in [9.17, 15) is 9.59 Å². The molecule has 98 valence electrons. The Labute approximate surface area is 114 Å². The maximum Gasteiger partial charge on any atom is 0.319 e. The summed E-state index contributed by atoms with van der Waals surface area (Å²) < 4.78 is 0.859. The Bertz CT molecular complexity index is 437. The molecule has 0 aromatic heterocycles. The summed E-state index contributed by atoms with van der Waals surface area (Å²) in [6.07, 6.45) is 0.479. The van der Waals surface area contributed by atoms with Crippen LogP contribution in [-0.4, -0.2) is 23.7 Å². The second-order valence-electron chi connectivity index (χ2n) is 3.79. The van der Waals surface area contributed by atoms with Gasteiger partial charge in [-0.3, -0.25) is 4.79 Å². The summed E-state index contributed by atoms with van der Waals surface area (Å²) in [6.45, 7) is 1.89. The first-order valence-corrected chi connectivity index (χ1v) is 6.35. The molecule has 0 heterocycles. The van der Waals surface area contributed by atoms with Crippen molar-refractivity contribution < 1.29 is 14.7 Å². The standard InChI is InChI=1S/C12H15BrN2O3/c1-2-8(11(16)17)7-14-12(18)15-10-5-3-4-9(13)6-10/h3-6,8H,2,7H2,1H3,(H,16,17)(H2,14,15,18). The Balaban J connectivity index is 2.45. The molecular formula is C12H15BrN2O3. The van der Waals surface area contributed by atoms with E-state index in [1.54, 1.807) is 25.1 Å². The van der Waals surface area contributed by atoms with E-state index in [2.05, 4.69) is 26.6 Å². The van der Waals surface area contributed by atoms with Crippen LogP contribution < -0.4 is 10.6 Å². The number of carbonyl (C=O) groups is 2. The van der Waals surface area contributed by atoms with E-state index in [1.165, 1.54) is 0 Å². The number of anilines is 1. The van der Waals surface area contributed by atoms with Crippen molar-refractivity contribution in [3.05, 3.63) is 28.7 Å². The predicted molar refractivity (Wildman–Crippen MR) is 72.6 cm³/mol. The summed E-state index contributed by atoms with van der Waals surface area (Å²) in [6, 6.07) is 6.74. The topological polar surface area (TPSA) is 78.4 Å². The van der Waals surface area contributed by atoms with Gasteiger partial charge in [0.2, 0.25) is 0 Å². The van der Waals surface area contributed by atoms with E-state index in [0.717, 1.165) is 4.47 Å². The van der Waals surface area contributed by atoms with Crippen molar-refractivity contribution in [3.63, 3.8) is 0 Å². The van der Waals surface area contributed by atoms with E-state index in [0.29, 0.717) is 12.1 Å². The Morgan fingerprint density at radius 2 is 2.17 bits per heavy atom. The quantitative estimate of drug-likeness (QED) is 0.781. The molecule has 0 aliphatic rings. The van der Waals surface area contributed by atoms with Gasteiger partial charge in [-0.15, -0.1) is 0 Å². The molecule has 1 aromatic rings. The molecule has 1 unspecified atom stereocenters.